The maximum atomic E-state index is 12.0. The number of carbonyl (C=O) groups is 3. The van der Waals surface area contributed by atoms with Crippen molar-refractivity contribution in [3.8, 4) is 0 Å². The summed E-state index contributed by atoms with van der Waals surface area (Å²) in [7, 11) is 0. The maximum absolute atomic E-state index is 12.0. The summed E-state index contributed by atoms with van der Waals surface area (Å²) < 4.78 is 0. The highest BCUT2D eigenvalue weighted by molar-refractivity contribution is 6.06. The Bertz CT molecular complexity index is 347. The Kier molecular flexibility index (Phi) is 5.05. The number of hydrogen-bond donors (Lipinski definition) is 0. The summed E-state index contributed by atoms with van der Waals surface area (Å²) in [5.74, 6) is -0.0192. The van der Waals surface area contributed by atoms with E-state index in [-0.39, 0.29) is 42.4 Å². The molecule has 1 aliphatic rings. The van der Waals surface area contributed by atoms with Crippen LogP contribution in [0, 0.1) is 17.8 Å². The van der Waals surface area contributed by atoms with Crippen molar-refractivity contribution in [2.75, 3.05) is 6.54 Å². The van der Waals surface area contributed by atoms with Gasteiger partial charge in [-0.2, -0.15) is 0 Å². The molecule has 1 atom stereocenters. The summed E-state index contributed by atoms with van der Waals surface area (Å²) in [5.41, 5.74) is 0. The lowest BCUT2D eigenvalue weighted by Crippen LogP contribution is -2.36. The molecule has 102 valence electrons. The first-order valence-corrected chi connectivity index (χ1v) is 6.68. The number of nitrogens with zero attached hydrogens (tertiary/aromatic N) is 1. The van der Waals surface area contributed by atoms with E-state index in [1.54, 1.807) is 0 Å². The third-order valence-electron chi connectivity index (χ3n) is 3.42. The monoisotopic (exact) mass is 253 g/mol. The van der Waals surface area contributed by atoms with Crippen LogP contribution < -0.4 is 0 Å². The second kappa shape index (κ2) is 6.12. The molecule has 1 unspecified atom stereocenters. The van der Waals surface area contributed by atoms with E-state index in [0.717, 1.165) is 11.3 Å². The fourth-order valence-electron chi connectivity index (χ4n) is 2.10. The van der Waals surface area contributed by atoms with Crippen molar-refractivity contribution < 1.29 is 14.4 Å². The Labute approximate surface area is 109 Å². The molecular weight excluding hydrogens is 230 g/mol. The van der Waals surface area contributed by atoms with Crippen molar-refractivity contribution in [3.05, 3.63) is 0 Å². The molecule has 2 amide bonds. The quantitative estimate of drug-likeness (QED) is 0.680. The average Bonchev–Trinajstić information content (AvgIpc) is 2.54. The van der Waals surface area contributed by atoms with Gasteiger partial charge in [0.1, 0.15) is 0 Å². The molecule has 18 heavy (non-hydrogen) atoms. The van der Waals surface area contributed by atoms with Crippen LogP contribution in [0.2, 0.25) is 0 Å². The van der Waals surface area contributed by atoms with Gasteiger partial charge < -0.3 is 0 Å². The van der Waals surface area contributed by atoms with Gasteiger partial charge in [-0.3, -0.25) is 19.3 Å². The van der Waals surface area contributed by atoms with Crippen LogP contribution in [0.25, 0.3) is 0 Å². The standard InChI is InChI=1S/C14H23NO3/c1-9(2)5-6-11(16)8-15-13(17)7-12(10(3)4)14(15)18/h9-10,12H,5-8H2,1-4H3. The topological polar surface area (TPSA) is 54.5 Å². The Balaban J connectivity index is 2.54. The summed E-state index contributed by atoms with van der Waals surface area (Å²) in [6, 6.07) is 0. The van der Waals surface area contributed by atoms with Crippen molar-refractivity contribution in [1.82, 2.24) is 4.90 Å². The molecule has 4 nitrogen and oxygen atoms in total. The highest BCUT2D eigenvalue weighted by Crippen LogP contribution is 2.26. The fraction of sp³-hybridized carbons (Fsp3) is 0.786. The van der Waals surface area contributed by atoms with Gasteiger partial charge in [0.15, 0.2) is 5.78 Å². The lowest BCUT2D eigenvalue weighted by atomic mass is 9.94. The zero-order chi connectivity index (χ0) is 13.9. The van der Waals surface area contributed by atoms with Crippen molar-refractivity contribution in [1.29, 1.82) is 0 Å². The molecule has 0 N–H and O–H groups in total. The van der Waals surface area contributed by atoms with Gasteiger partial charge in [0, 0.05) is 18.8 Å². The van der Waals surface area contributed by atoms with Crippen LogP contribution in [-0.4, -0.2) is 29.0 Å². The van der Waals surface area contributed by atoms with Gasteiger partial charge in [0.25, 0.3) is 0 Å². The van der Waals surface area contributed by atoms with Crippen molar-refractivity contribution in [3.63, 3.8) is 0 Å². The van der Waals surface area contributed by atoms with Crippen molar-refractivity contribution >= 4 is 17.6 Å². The second-order valence-electron chi connectivity index (χ2n) is 5.84. The van der Waals surface area contributed by atoms with Crippen LogP contribution in [0.1, 0.15) is 47.0 Å². The Morgan fingerprint density at radius 3 is 2.33 bits per heavy atom. The maximum Gasteiger partial charge on any atom is 0.233 e. The van der Waals surface area contributed by atoms with Gasteiger partial charge in [-0.1, -0.05) is 27.7 Å². The van der Waals surface area contributed by atoms with Gasteiger partial charge in [0.05, 0.1) is 6.54 Å². The summed E-state index contributed by atoms with van der Waals surface area (Å²) in [5, 5.41) is 0. The fourth-order valence-corrected chi connectivity index (χ4v) is 2.10. The number of amides is 2. The van der Waals surface area contributed by atoms with Crippen molar-refractivity contribution in [2.24, 2.45) is 17.8 Å². The normalized spacial score (nSPS) is 20.3. The minimum atomic E-state index is -0.240. The zero-order valence-electron chi connectivity index (χ0n) is 11.7. The zero-order valence-corrected chi connectivity index (χ0v) is 11.7. The Morgan fingerprint density at radius 1 is 1.28 bits per heavy atom. The summed E-state index contributed by atoms with van der Waals surface area (Å²) in [4.78, 5) is 36.6. The average molecular weight is 253 g/mol. The highest BCUT2D eigenvalue weighted by Gasteiger charge is 2.40. The summed E-state index contributed by atoms with van der Waals surface area (Å²) in [6.07, 6.45) is 1.51. The molecular formula is C14H23NO3. The molecule has 1 fully saturated rings. The number of ketones is 1. The first-order valence-electron chi connectivity index (χ1n) is 6.68. The van der Waals surface area contributed by atoms with Crippen LogP contribution >= 0.6 is 0 Å². The first kappa shape index (κ1) is 14.9. The van der Waals surface area contributed by atoms with E-state index in [0.29, 0.717) is 12.3 Å². The van der Waals surface area contributed by atoms with E-state index in [4.69, 9.17) is 0 Å². The first-order chi connectivity index (χ1) is 8.32. The summed E-state index contributed by atoms with van der Waals surface area (Å²) in [6.45, 7) is 7.93. The Morgan fingerprint density at radius 2 is 1.89 bits per heavy atom. The smallest absolute Gasteiger partial charge is 0.233 e. The SMILES string of the molecule is CC(C)CCC(=O)CN1C(=O)CC(C(C)C)C1=O. The lowest BCUT2D eigenvalue weighted by molar-refractivity contribution is -0.143. The number of imide groups is 1. The van der Waals surface area contributed by atoms with Gasteiger partial charge in [-0.25, -0.2) is 0 Å². The van der Waals surface area contributed by atoms with E-state index in [2.05, 4.69) is 0 Å². The molecule has 0 radical (unpaired) electrons. The molecule has 1 saturated heterocycles. The molecule has 0 saturated carbocycles. The number of Topliss-reactive ketones (excluding diaryl/α,β-unsaturated/α-hetero) is 1. The predicted molar refractivity (Wildman–Crippen MR) is 68.7 cm³/mol. The minimum absolute atomic E-state index is 0.0187. The molecule has 1 aliphatic heterocycles. The third kappa shape index (κ3) is 3.65. The van der Waals surface area contributed by atoms with E-state index in [9.17, 15) is 14.4 Å². The van der Waals surface area contributed by atoms with Crippen LogP contribution in [0.3, 0.4) is 0 Å². The number of carbonyl (C=O) groups excluding carboxylic acids is 3. The third-order valence-corrected chi connectivity index (χ3v) is 3.42. The summed E-state index contributed by atoms with van der Waals surface area (Å²) >= 11 is 0. The van der Waals surface area contributed by atoms with Crippen LogP contribution in [0.4, 0.5) is 0 Å². The predicted octanol–water partition coefficient (Wildman–Crippen LogP) is 2.02. The molecule has 0 aromatic carbocycles. The molecule has 1 rings (SSSR count). The molecule has 0 aliphatic carbocycles. The van der Waals surface area contributed by atoms with E-state index in [1.807, 2.05) is 27.7 Å². The largest absolute Gasteiger partial charge is 0.298 e. The van der Waals surface area contributed by atoms with Gasteiger partial charge in [-0.15, -0.1) is 0 Å². The van der Waals surface area contributed by atoms with Gasteiger partial charge >= 0.3 is 0 Å². The molecule has 4 heteroatoms. The number of hydrogen-bond acceptors (Lipinski definition) is 3. The Hall–Kier alpha value is -1.19. The van der Waals surface area contributed by atoms with Crippen LogP contribution in [0.15, 0.2) is 0 Å². The molecule has 0 aromatic rings. The molecule has 1 heterocycles. The highest BCUT2D eigenvalue weighted by atomic mass is 16.2. The van der Waals surface area contributed by atoms with Crippen molar-refractivity contribution in [2.45, 2.75) is 47.0 Å². The molecule has 0 spiro atoms. The molecule has 0 bridgehead atoms. The van der Waals surface area contributed by atoms with E-state index in [1.165, 1.54) is 0 Å². The van der Waals surface area contributed by atoms with Crippen LogP contribution in [-0.2, 0) is 14.4 Å². The molecule has 0 aromatic heterocycles. The number of likely N-dealkylation sites (tertiary alicyclic amines) is 1. The minimum Gasteiger partial charge on any atom is -0.298 e. The lowest BCUT2D eigenvalue weighted by Gasteiger charge is -2.15. The van der Waals surface area contributed by atoms with Gasteiger partial charge in [-0.05, 0) is 18.3 Å². The number of rotatable bonds is 6. The van der Waals surface area contributed by atoms with E-state index >= 15 is 0 Å². The van der Waals surface area contributed by atoms with Gasteiger partial charge in [0.2, 0.25) is 11.8 Å². The van der Waals surface area contributed by atoms with Crippen LogP contribution in [0.5, 0.6) is 0 Å². The van der Waals surface area contributed by atoms with E-state index < -0.39 is 0 Å². The second-order valence-corrected chi connectivity index (χ2v) is 5.84.